The molecule has 0 amide bonds. The van der Waals surface area contributed by atoms with Gasteiger partial charge in [-0.2, -0.15) is 0 Å². The van der Waals surface area contributed by atoms with Crippen molar-refractivity contribution in [2.75, 3.05) is 6.61 Å². The van der Waals surface area contributed by atoms with E-state index < -0.39 is 5.56 Å². The maximum atomic E-state index is 13.6. The molecular weight excluding hydrogens is 446 g/mol. The van der Waals surface area contributed by atoms with E-state index in [2.05, 4.69) is 4.99 Å². The first-order valence-corrected chi connectivity index (χ1v) is 11.2. The van der Waals surface area contributed by atoms with Gasteiger partial charge in [-0.25, -0.2) is 0 Å². The number of aromatic hydroxyl groups is 1. The molecule has 3 aromatic carbocycles. The van der Waals surface area contributed by atoms with Gasteiger partial charge in [0.1, 0.15) is 11.3 Å². The number of rotatable bonds is 5. The number of para-hydroxylation sites is 2. The largest absolute Gasteiger partial charge is 0.494 e. The van der Waals surface area contributed by atoms with Gasteiger partial charge in [0, 0.05) is 17.4 Å². The van der Waals surface area contributed by atoms with Crippen LogP contribution >= 0.6 is 12.2 Å². The summed E-state index contributed by atoms with van der Waals surface area (Å²) in [4.78, 5) is 18.1. The zero-order valence-corrected chi connectivity index (χ0v) is 19.2. The summed E-state index contributed by atoms with van der Waals surface area (Å²) in [5.41, 5.74) is 3.36. The maximum absolute atomic E-state index is 13.6. The van der Waals surface area contributed by atoms with E-state index in [9.17, 15) is 9.90 Å². The van der Waals surface area contributed by atoms with Gasteiger partial charge in [0.2, 0.25) is 5.88 Å². The topological polar surface area (TPSA) is 68.8 Å². The van der Waals surface area contributed by atoms with Crippen LogP contribution in [0.2, 0.25) is 0 Å². The SMILES string of the molecule is CCOc1ccc(-n2c(O)c(/C=C3\C=Nc4ccccc43)c(=O)n(-c3ccccc3)c2=S)cc1. The third-order valence-electron chi connectivity index (χ3n) is 5.55. The Bertz CT molecular complexity index is 1550. The average Bonchev–Trinajstić information content (AvgIpc) is 3.27. The molecule has 0 radical (unpaired) electrons. The van der Waals surface area contributed by atoms with Crippen molar-refractivity contribution in [1.29, 1.82) is 0 Å². The highest BCUT2D eigenvalue weighted by Crippen LogP contribution is 2.33. The van der Waals surface area contributed by atoms with Crippen LogP contribution in [0.25, 0.3) is 23.0 Å². The highest BCUT2D eigenvalue weighted by Gasteiger charge is 2.20. The lowest BCUT2D eigenvalue weighted by molar-refractivity contribution is 0.340. The Labute approximate surface area is 201 Å². The van der Waals surface area contributed by atoms with Gasteiger partial charge in [0.25, 0.3) is 5.56 Å². The van der Waals surface area contributed by atoms with Crippen LogP contribution in [-0.4, -0.2) is 27.1 Å². The Morgan fingerprint density at radius 3 is 2.35 bits per heavy atom. The Balaban J connectivity index is 1.78. The molecule has 7 heteroatoms. The van der Waals surface area contributed by atoms with Crippen molar-refractivity contribution in [2.24, 2.45) is 4.99 Å². The summed E-state index contributed by atoms with van der Waals surface area (Å²) in [6.07, 6.45) is 3.35. The van der Waals surface area contributed by atoms with Crippen LogP contribution in [0.5, 0.6) is 11.6 Å². The Morgan fingerprint density at radius 1 is 0.941 bits per heavy atom. The number of allylic oxidation sites excluding steroid dienone is 1. The van der Waals surface area contributed by atoms with E-state index in [4.69, 9.17) is 17.0 Å². The van der Waals surface area contributed by atoms with Crippen LogP contribution in [0, 0.1) is 4.77 Å². The normalized spacial score (nSPS) is 13.3. The number of benzene rings is 3. The molecule has 4 aromatic rings. The van der Waals surface area contributed by atoms with E-state index >= 15 is 0 Å². The molecule has 0 bridgehead atoms. The highest BCUT2D eigenvalue weighted by atomic mass is 32.1. The molecule has 6 nitrogen and oxygen atoms in total. The quantitative estimate of drug-likeness (QED) is 0.381. The maximum Gasteiger partial charge on any atom is 0.270 e. The van der Waals surface area contributed by atoms with E-state index in [-0.39, 0.29) is 16.2 Å². The Hall–Kier alpha value is -4.23. The second kappa shape index (κ2) is 8.96. The number of ether oxygens (including phenoxy) is 1. The fourth-order valence-electron chi connectivity index (χ4n) is 3.95. The lowest BCUT2D eigenvalue weighted by atomic mass is 10.1. The number of aliphatic imine (C=N–C) groups is 1. The Morgan fingerprint density at radius 2 is 1.62 bits per heavy atom. The van der Waals surface area contributed by atoms with E-state index in [0.717, 1.165) is 16.8 Å². The molecule has 1 aromatic heterocycles. The first kappa shape index (κ1) is 21.6. The second-order valence-electron chi connectivity index (χ2n) is 7.63. The molecule has 0 aliphatic carbocycles. The minimum absolute atomic E-state index is 0.115. The summed E-state index contributed by atoms with van der Waals surface area (Å²) in [5, 5.41) is 11.3. The van der Waals surface area contributed by atoms with Crippen LogP contribution in [0.4, 0.5) is 5.69 Å². The van der Waals surface area contributed by atoms with Crippen molar-refractivity contribution in [2.45, 2.75) is 6.92 Å². The van der Waals surface area contributed by atoms with Crippen molar-refractivity contribution >= 4 is 35.8 Å². The number of nitrogens with zero attached hydrogens (tertiary/aromatic N) is 3. The predicted octanol–water partition coefficient (Wildman–Crippen LogP) is 5.72. The molecule has 34 heavy (non-hydrogen) atoms. The van der Waals surface area contributed by atoms with Crippen molar-refractivity contribution < 1.29 is 9.84 Å². The van der Waals surface area contributed by atoms with Crippen molar-refractivity contribution in [3.05, 3.63) is 105 Å². The molecule has 168 valence electrons. The van der Waals surface area contributed by atoms with Crippen molar-refractivity contribution in [1.82, 2.24) is 9.13 Å². The molecule has 2 heterocycles. The minimum Gasteiger partial charge on any atom is -0.494 e. The van der Waals surface area contributed by atoms with Crippen molar-refractivity contribution in [3.63, 3.8) is 0 Å². The van der Waals surface area contributed by atoms with Crippen LogP contribution in [-0.2, 0) is 0 Å². The third-order valence-corrected chi connectivity index (χ3v) is 5.91. The van der Waals surface area contributed by atoms with Gasteiger partial charge >= 0.3 is 0 Å². The smallest absolute Gasteiger partial charge is 0.270 e. The van der Waals surface area contributed by atoms with Crippen molar-refractivity contribution in [3.8, 4) is 23.0 Å². The number of fused-ring (bicyclic) bond motifs is 1. The van der Waals surface area contributed by atoms with Gasteiger partial charge < -0.3 is 9.84 Å². The molecule has 0 unspecified atom stereocenters. The molecule has 0 saturated heterocycles. The summed E-state index contributed by atoms with van der Waals surface area (Å²) < 4.78 is 8.61. The molecule has 1 aliphatic heterocycles. The molecule has 5 rings (SSSR count). The standard InChI is InChI=1S/C27H21N3O3S/c1-2-33-21-14-12-20(13-15-21)30-26(32)23(16-18-17-28-24-11-7-6-10-22(18)24)25(31)29(27(30)34)19-8-4-3-5-9-19/h3-17,32H,2H2,1H3/b18-16+. The fourth-order valence-corrected chi connectivity index (χ4v) is 4.33. The summed E-state index contributed by atoms with van der Waals surface area (Å²) in [5.74, 6) is 0.464. The van der Waals surface area contributed by atoms with Gasteiger partial charge in [-0.05, 0) is 67.7 Å². The van der Waals surface area contributed by atoms with Gasteiger partial charge in [-0.1, -0.05) is 36.4 Å². The Kier molecular flexibility index (Phi) is 5.69. The van der Waals surface area contributed by atoms with Gasteiger partial charge in [0.05, 0.1) is 23.7 Å². The first-order chi connectivity index (χ1) is 16.6. The zero-order valence-electron chi connectivity index (χ0n) is 18.4. The van der Waals surface area contributed by atoms with Gasteiger partial charge in [-0.3, -0.25) is 18.9 Å². The van der Waals surface area contributed by atoms with Crippen LogP contribution in [0.3, 0.4) is 0 Å². The first-order valence-electron chi connectivity index (χ1n) is 10.8. The lowest BCUT2D eigenvalue weighted by Gasteiger charge is -2.17. The molecule has 1 aliphatic rings. The van der Waals surface area contributed by atoms with E-state index in [1.807, 2.05) is 49.4 Å². The average molecular weight is 468 g/mol. The highest BCUT2D eigenvalue weighted by molar-refractivity contribution is 7.71. The number of hydrogen-bond donors (Lipinski definition) is 1. The van der Waals surface area contributed by atoms with Crippen LogP contribution in [0.1, 0.15) is 18.1 Å². The molecule has 0 spiro atoms. The van der Waals surface area contributed by atoms with Crippen LogP contribution in [0.15, 0.2) is 88.6 Å². The van der Waals surface area contributed by atoms with Gasteiger partial charge in [0.15, 0.2) is 4.77 Å². The zero-order chi connectivity index (χ0) is 23.7. The summed E-state index contributed by atoms with van der Waals surface area (Å²) in [6, 6.07) is 24.0. The summed E-state index contributed by atoms with van der Waals surface area (Å²) in [7, 11) is 0. The molecular formula is C27H21N3O3S. The van der Waals surface area contributed by atoms with E-state index in [0.29, 0.717) is 23.7 Å². The van der Waals surface area contributed by atoms with Crippen LogP contribution < -0.4 is 10.3 Å². The second-order valence-corrected chi connectivity index (χ2v) is 8.00. The number of hydrogen-bond acceptors (Lipinski definition) is 5. The third kappa shape index (κ3) is 3.76. The fraction of sp³-hybridized carbons (Fsp3) is 0.0741. The minimum atomic E-state index is -0.416. The van der Waals surface area contributed by atoms with Gasteiger partial charge in [-0.15, -0.1) is 0 Å². The monoisotopic (exact) mass is 467 g/mol. The van der Waals surface area contributed by atoms with E-state index in [1.165, 1.54) is 9.13 Å². The molecule has 0 atom stereocenters. The number of aromatic nitrogens is 2. The summed E-state index contributed by atoms with van der Waals surface area (Å²) in [6.45, 7) is 2.46. The van der Waals surface area contributed by atoms with E-state index in [1.54, 1.807) is 48.7 Å². The molecule has 0 fully saturated rings. The lowest BCUT2D eigenvalue weighted by Crippen LogP contribution is -2.25. The molecule has 1 N–H and O–H groups in total. The predicted molar refractivity (Wildman–Crippen MR) is 137 cm³/mol. The molecule has 0 saturated carbocycles. The summed E-state index contributed by atoms with van der Waals surface area (Å²) >= 11 is 5.71.